The maximum absolute atomic E-state index is 6.47. The second-order valence-electron chi connectivity index (χ2n) is 5.78. The molecule has 2 nitrogen and oxygen atoms in total. The first kappa shape index (κ1) is 15.4. The number of halogens is 1. The Kier molecular flexibility index (Phi) is 5.01. The van der Waals surface area contributed by atoms with Gasteiger partial charge in [0.1, 0.15) is 5.75 Å². The first-order chi connectivity index (χ1) is 10.8. The third-order valence-corrected chi connectivity index (χ3v) is 4.73. The van der Waals surface area contributed by atoms with Gasteiger partial charge >= 0.3 is 0 Å². The fraction of sp³-hybridized carbons (Fsp3) is 0.368. The summed E-state index contributed by atoms with van der Waals surface area (Å²) in [5.74, 6) is 0.967. The van der Waals surface area contributed by atoms with Crippen LogP contribution in [0.1, 0.15) is 35.6 Å². The Balaban J connectivity index is 1.72. The first-order valence-electron chi connectivity index (χ1n) is 7.92. The van der Waals surface area contributed by atoms with Crippen molar-refractivity contribution in [3.05, 3.63) is 64.2 Å². The molecular weight excluding hydrogens is 294 g/mol. The van der Waals surface area contributed by atoms with E-state index in [1.165, 1.54) is 23.1 Å². The lowest BCUT2D eigenvalue weighted by molar-refractivity contribution is 0.396. The standard InChI is InChI=1S/C19H22ClNO/c1-22-18-11-10-16(20)19-15(18)8-5-9-17(19)21-13-12-14-6-3-2-4-7-14/h2-4,6-7,10-11,17,21H,5,8-9,12-13H2,1H3. The normalized spacial score (nSPS) is 17.1. The van der Waals surface area contributed by atoms with Gasteiger partial charge in [0.05, 0.1) is 7.11 Å². The molecule has 0 saturated heterocycles. The quantitative estimate of drug-likeness (QED) is 0.873. The van der Waals surface area contributed by atoms with Crippen molar-refractivity contribution < 1.29 is 4.74 Å². The number of hydrogen-bond acceptors (Lipinski definition) is 2. The fourth-order valence-electron chi connectivity index (χ4n) is 3.31. The van der Waals surface area contributed by atoms with Gasteiger partial charge in [-0.2, -0.15) is 0 Å². The molecule has 1 unspecified atom stereocenters. The van der Waals surface area contributed by atoms with Crippen molar-refractivity contribution in [1.29, 1.82) is 0 Å². The SMILES string of the molecule is COc1ccc(Cl)c2c1CCCC2NCCc1ccccc1. The number of nitrogens with one attached hydrogen (secondary N) is 1. The highest BCUT2D eigenvalue weighted by Gasteiger charge is 2.25. The van der Waals surface area contributed by atoms with Gasteiger partial charge in [0, 0.05) is 16.6 Å². The zero-order valence-electron chi connectivity index (χ0n) is 12.9. The van der Waals surface area contributed by atoms with E-state index in [1.807, 2.05) is 12.1 Å². The van der Waals surface area contributed by atoms with Crippen molar-refractivity contribution in [3.63, 3.8) is 0 Å². The highest BCUT2D eigenvalue weighted by molar-refractivity contribution is 6.31. The van der Waals surface area contributed by atoms with E-state index < -0.39 is 0 Å². The van der Waals surface area contributed by atoms with Gasteiger partial charge in [0.2, 0.25) is 0 Å². The average molecular weight is 316 g/mol. The number of rotatable bonds is 5. The van der Waals surface area contributed by atoms with Crippen LogP contribution in [0, 0.1) is 0 Å². The van der Waals surface area contributed by atoms with E-state index in [0.717, 1.165) is 36.6 Å². The molecule has 3 heteroatoms. The van der Waals surface area contributed by atoms with Crippen LogP contribution in [0.4, 0.5) is 0 Å². The van der Waals surface area contributed by atoms with Crippen molar-refractivity contribution >= 4 is 11.6 Å². The lowest BCUT2D eigenvalue weighted by Crippen LogP contribution is -2.27. The van der Waals surface area contributed by atoms with Gasteiger partial charge in [-0.1, -0.05) is 41.9 Å². The van der Waals surface area contributed by atoms with E-state index in [1.54, 1.807) is 7.11 Å². The zero-order valence-corrected chi connectivity index (χ0v) is 13.7. The summed E-state index contributed by atoms with van der Waals surface area (Å²) >= 11 is 6.47. The van der Waals surface area contributed by atoms with E-state index in [4.69, 9.17) is 16.3 Å². The lowest BCUT2D eigenvalue weighted by Gasteiger charge is -2.29. The molecule has 0 aromatic heterocycles. The molecule has 2 aromatic carbocycles. The average Bonchev–Trinajstić information content (AvgIpc) is 2.56. The predicted octanol–water partition coefficient (Wildman–Crippen LogP) is 4.56. The summed E-state index contributed by atoms with van der Waals surface area (Å²) in [6.45, 7) is 0.960. The third-order valence-electron chi connectivity index (χ3n) is 4.40. The Morgan fingerprint density at radius 1 is 1.18 bits per heavy atom. The smallest absolute Gasteiger partial charge is 0.122 e. The minimum atomic E-state index is 0.329. The van der Waals surface area contributed by atoms with E-state index >= 15 is 0 Å². The van der Waals surface area contributed by atoms with E-state index in [9.17, 15) is 0 Å². The number of benzene rings is 2. The second kappa shape index (κ2) is 7.17. The number of fused-ring (bicyclic) bond motifs is 1. The minimum Gasteiger partial charge on any atom is -0.496 e. The Morgan fingerprint density at radius 3 is 2.77 bits per heavy atom. The molecule has 0 bridgehead atoms. The highest BCUT2D eigenvalue weighted by atomic mass is 35.5. The van der Waals surface area contributed by atoms with Crippen molar-refractivity contribution in [2.75, 3.05) is 13.7 Å². The summed E-state index contributed by atoms with van der Waals surface area (Å²) in [6, 6.07) is 14.8. The van der Waals surface area contributed by atoms with Crippen molar-refractivity contribution in [3.8, 4) is 5.75 Å². The molecule has 22 heavy (non-hydrogen) atoms. The number of hydrogen-bond donors (Lipinski definition) is 1. The van der Waals surface area contributed by atoms with Gasteiger partial charge in [-0.3, -0.25) is 0 Å². The molecule has 116 valence electrons. The van der Waals surface area contributed by atoms with Gasteiger partial charge in [0.25, 0.3) is 0 Å². The van der Waals surface area contributed by atoms with Gasteiger partial charge in [0.15, 0.2) is 0 Å². The van der Waals surface area contributed by atoms with Crippen LogP contribution < -0.4 is 10.1 Å². The van der Waals surface area contributed by atoms with Crippen LogP contribution in [-0.2, 0) is 12.8 Å². The van der Waals surface area contributed by atoms with Crippen LogP contribution in [0.15, 0.2) is 42.5 Å². The minimum absolute atomic E-state index is 0.329. The molecule has 0 heterocycles. The van der Waals surface area contributed by atoms with Crippen LogP contribution in [0.5, 0.6) is 5.75 Å². The maximum Gasteiger partial charge on any atom is 0.122 e. The summed E-state index contributed by atoms with van der Waals surface area (Å²) in [5, 5.41) is 4.53. The predicted molar refractivity (Wildman–Crippen MR) is 91.8 cm³/mol. The summed E-state index contributed by atoms with van der Waals surface area (Å²) in [4.78, 5) is 0. The Labute approximate surface area is 137 Å². The van der Waals surface area contributed by atoms with Crippen LogP contribution >= 0.6 is 11.6 Å². The topological polar surface area (TPSA) is 21.3 Å². The Bertz CT molecular complexity index is 627. The van der Waals surface area contributed by atoms with Crippen molar-refractivity contribution in [2.24, 2.45) is 0 Å². The maximum atomic E-state index is 6.47. The highest BCUT2D eigenvalue weighted by Crippen LogP contribution is 2.39. The molecule has 0 radical (unpaired) electrons. The van der Waals surface area contributed by atoms with E-state index in [-0.39, 0.29) is 0 Å². The third kappa shape index (κ3) is 3.29. The second-order valence-corrected chi connectivity index (χ2v) is 6.18. The number of ether oxygens (including phenoxy) is 1. The molecule has 0 aliphatic heterocycles. The van der Waals surface area contributed by atoms with Crippen molar-refractivity contribution in [2.45, 2.75) is 31.7 Å². The first-order valence-corrected chi connectivity index (χ1v) is 8.30. The molecule has 1 N–H and O–H groups in total. The zero-order chi connectivity index (χ0) is 15.4. The van der Waals surface area contributed by atoms with E-state index in [0.29, 0.717) is 6.04 Å². The van der Waals surface area contributed by atoms with Crippen molar-refractivity contribution in [1.82, 2.24) is 5.32 Å². The molecule has 1 aliphatic rings. The monoisotopic (exact) mass is 315 g/mol. The van der Waals surface area contributed by atoms with Crippen LogP contribution in [0.3, 0.4) is 0 Å². The molecule has 1 aliphatic carbocycles. The largest absolute Gasteiger partial charge is 0.496 e. The Hall–Kier alpha value is -1.51. The molecule has 1 atom stereocenters. The molecule has 3 rings (SSSR count). The summed E-state index contributed by atoms with van der Waals surface area (Å²) < 4.78 is 5.50. The van der Waals surface area contributed by atoms with Gasteiger partial charge in [-0.25, -0.2) is 0 Å². The molecule has 0 saturated carbocycles. The molecule has 0 spiro atoms. The van der Waals surface area contributed by atoms with Crippen LogP contribution in [0.25, 0.3) is 0 Å². The van der Waals surface area contributed by atoms with Gasteiger partial charge < -0.3 is 10.1 Å². The summed E-state index contributed by atoms with van der Waals surface area (Å²) in [7, 11) is 1.73. The Morgan fingerprint density at radius 2 is 2.00 bits per heavy atom. The number of methoxy groups -OCH3 is 1. The van der Waals surface area contributed by atoms with Crippen LogP contribution in [-0.4, -0.2) is 13.7 Å². The van der Waals surface area contributed by atoms with Gasteiger partial charge in [-0.05, 0) is 55.5 Å². The molecule has 0 fully saturated rings. The van der Waals surface area contributed by atoms with Crippen LogP contribution in [0.2, 0.25) is 5.02 Å². The molecule has 0 amide bonds. The molecule has 2 aromatic rings. The van der Waals surface area contributed by atoms with E-state index in [2.05, 4.69) is 35.6 Å². The fourth-order valence-corrected chi connectivity index (χ4v) is 3.62. The summed E-state index contributed by atoms with van der Waals surface area (Å²) in [5.41, 5.74) is 3.88. The summed E-state index contributed by atoms with van der Waals surface area (Å²) in [6.07, 6.45) is 4.39. The lowest BCUT2D eigenvalue weighted by atomic mass is 9.87. The van der Waals surface area contributed by atoms with Gasteiger partial charge in [-0.15, -0.1) is 0 Å². The molecular formula is C19H22ClNO.